The number of aryl methyl sites for hydroxylation is 1. The van der Waals surface area contributed by atoms with Crippen LogP contribution >= 0.6 is 0 Å². The molecule has 0 radical (unpaired) electrons. The van der Waals surface area contributed by atoms with Crippen molar-refractivity contribution < 1.29 is 5.11 Å². The summed E-state index contributed by atoms with van der Waals surface area (Å²) in [5.41, 5.74) is 1.02. The van der Waals surface area contributed by atoms with Crippen LogP contribution in [-0.2, 0) is 12.0 Å². The Morgan fingerprint density at radius 2 is 1.57 bits per heavy atom. The molecular formula is C22H27N5O. The van der Waals surface area contributed by atoms with Gasteiger partial charge >= 0.3 is 0 Å². The van der Waals surface area contributed by atoms with Crippen LogP contribution < -0.4 is 0 Å². The highest BCUT2D eigenvalue weighted by molar-refractivity contribution is 5.37. The van der Waals surface area contributed by atoms with Gasteiger partial charge in [0.2, 0.25) is 0 Å². The van der Waals surface area contributed by atoms with Crippen LogP contribution in [0.5, 0.6) is 0 Å². The molecule has 2 heterocycles. The lowest BCUT2D eigenvalue weighted by atomic mass is 9.72. The van der Waals surface area contributed by atoms with Crippen molar-refractivity contribution in [2.24, 2.45) is 5.92 Å². The molecule has 0 bridgehead atoms. The molecule has 146 valence electrons. The number of nitrogens with one attached hydrogen (secondary N) is 1. The minimum absolute atomic E-state index is 0.201. The van der Waals surface area contributed by atoms with Gasteiger partial charge in [0.05, 0.1) is 0 Å². The van der Waals surface area contributed by atoms with Gasteiger partial charge in [-0.05, 0) is 66.4 Å². The Morgan fingerprint density at radius 1 is 0.964 bits per heavy atom. The number of rotatable bonds is 7. The lowest BCUT2D eigenvalue weighted by Crippen LogP contribution is -2.44. The third-order valence-corrected chi connectivity index (χ3v) is 5.88. The van der Waals surface area contributed by atoms with E-state index in [1.54, 1.807) is 0 Å². The van der Waals surface area contributed by atoms with Gasteiger partial charge in [-0.1, -0.05) is 60.7 Å². The molecule has 1 aromatic heterocycles. The molecule has 0 aliphatic carbocycles. The molecule has 2 N–H and O–H groups in total. The summed E-state index contributed by atoms with van der Waals surface area (Å²) < 4.78 is 0. The molecule has 0 spiro atoms. The highest BCUT2D eigenvalue weighted by atomic mass is 16.3. The van der Waals surface area contributed by atoms with Crippen LogP contribution in [0.3, 0.4) is 0 Å². The van der Waals surface area contributed by atoms with Gasteiger partial charge in [0.1, 0.15) is 11.4 Å². The first-order valence-corrected chi connectivity index (χ1v) is 10.0. The average Bonchev–Trinajstić information content (AvgIpc) is 3.28. The van der Waals surface area contributed by atoms with E-state index in [-0.39, 0.29) is 5.92 Å². The zero-order chi connectivity index (χ0) is 19.2. The van der Waals surface area contributed by atoms with Crippen molar-refractivity contribution in [2.75, 3.05) is 19.6 Å². The molecule has 6 nitrogen and oxygen atoms in total. The van der Waals surface area contributed by atoms with E-state index in [2.05, 4.69) is 25.5 Å². The molecule has 0 saturated carbocycles. The van der Waals surface area contributed by atoms with Crippen LogP contribution in [0.4, 0.5) is 0 Å². The van der Waals surface area contributed by atoms with Crippen molar-refractivity contribution >= 4 is 0 Å². The number of piperidine rings is 1. The molecule has 1 aliphatic rings. The van der Waals surface area contributed by atoms with Crippen molar-refractivity contribution in [2.45, 2.75) is 31.3 Å². The van der Waals surface area contributed by atoms with Crippen LogP contribution in [0.1, 0.15) is 36.2 Å². The number of hydrogen-bond acceptors (Lipinski definition) is 5. The number of aromatic amines is 1. The maximum atomic E-state index is 11.9. The molecule has 0 unspecified atom stereocenters. The number of hydrogen-bond donors (Lipinski definition) is 2. The lowest BCUT2D eigenvalue weighted by molar-refractivity contribution is -0.0142. The molecule has 3 aromatic rings. The Labute approximate surface area is 165 Å². The largest absolute Gasteiger partial charge is 0.380 e. The monoisotopic (exact) mass is 377 g/mol. The SMILES string of the molecule is OC(c1ccccc1)(c1ccccc1)C1CCN(CCCc2nnn[nH]2)CC1. The van der Waals surface area contributed by atoms with Crippen molar-refractivity contribution in [3.63, 3.8) is 0 Å². The second-order valence-corrected chi connectivity index (χ2v) is 7.57. The van der Waals surface area contributed by atoms with E-state index in [1.165, 1.54) is 0 Å². The number of tetrazole rings is 1. The number of H-pyrrole nitrogens is 1. The molecule has 0 amide bonds. The second-order valence-electron chi connectivity index (χ2n) is 7.57. The topological polar surface area (TPSA) is 77.9 Å². The Kier molecular flexibility index (Phi) is 5.78. The van der Waals surface area contributed by atoms with Crippen LogP contribution in [0.2, 0.25) is 0 Å². The minimum Gasteiger partial charge on any atom is -0.380 e. The zero-order valence-corrected chi connectivity index (χ0v) is 16.0. The van der Waals surface area contributed by atoms with E-state index < -0.39 is 5.60 Å². The van der Waals surface area contributed by atoms with E-state index in [9.17, 15) is 5.11 Å². The average molecular weight is 377 g/mol. The fourth-order valence-electron chi connectivity index (χ4n) is 4.35. The lowest BCUT2D eigenvalue weighted by Gasteiger charge is -2.42. The Morgan fingerprint density at radius 3 is 2.11 bits per heavy atom. The minimum atomic E-state index is -0.944. The molecule has 2 aromatic carbocycles. The number of aromatic nitrogens is 4. The van der Waals surface area contributed by atoms with E-state index in [1.807, 2.05) is 60.7 Å². The highest BCUT2D eigenvalue weighted by Crippen LogP contribution is 2.41. The first-order valence-electron chi connectivity index (χ1n) is 10.0. The molecule has 6 heteroatoms. The predicted octanol–water partition coefficient (Wildman–Crippen LogP) is 2.78. The summed E-state index contributed by atoms with van der Waals surface area (Å²) in [5, 5.41) is 25.9. The van der Waals surface area contributed by atoms with Crippen LogP contribution in [0.25, 0.3) is 0 Å². The summed E-state index contributed by atoms with van der Waals surface area (Å²) in [6.07, 6.45) is 3.85. The van der Waals surface area contributed by atoms with Gasteiger partial charge in [0.15, 0.2) is 0 Å². The first kappa shape index (κ1) is 18.8. The van der Waals surface area contributed by atoms with Gasteiger partial charge in [-0.25, -0.2) is 5.10 Å². The smallest absolute Gasteiger partial charge is 0.148 e. The molecule has 1 fully saturated rings. The number of likely N-dealkylation sites (tertiary alicyclic amines) is 1. The van der Waals surface area contributed by atoms with E-state index >= 15 is 0 Å². The third kappa shape index (κ3) is 3.98. The Hall–Kier alpha value is -2.57. The summed E-state index contributed by atoms with van der Waals surface area (Å²) >= 11 is 0. The fourth-order valence-corrected chi connectivity index (χ4v) is 4.35. The summed E-state index contributed by atoms with van der Waals surface area (Å²) in [6, 6.07) is 20.2. The quantitative estimate of drug-likeness (QED) is 0.662. The van der Waals surface area contributed by atoms with E-state index in [0.29, 0.717) is 0 Å². The summed E-state index contributed by atoms with van der Waals surface area (Å²) in [6.45, 7) is 3.03. The van der Waals surface area contributed by atoms with Gasteiger partial charge in [-0.2, -0.15) is 0 Å². The number of nitrogens with zero attached hydrogens (tertiary/aromatic N) is 4. The molecule has 0 atom stereocenters. The van der Waals surface area contributed by atoms with Gasteiger partial charge in [0, 0.05) is 6.42 Å². The number of aliphatic hydroxyl groups is 1. The molecular weight excluding hydrogens is 350 g/mol. The van der Waals surface area contributed by atoms with Gasteiger partial charge in [0.25, 0.3) is 0 Å². The van der Waals surface area contributed by atoms with Crippen molar-refractivity contribution in [3.8, 4) is 0 Å². The summed E-state index contributed by atoms with van der Waals surface area (Å²) in [5.74, 6) is 1.05. The van der Waals surface area contributed by atoms with Crippen molar-refractivity contribution in [1.29, 1.82) is 0 Å². The molecule has 1 saturated heterocycles. The van der Waals surface area contributed by atoms with Crippen molar-refractivity contribution in [3.05, 3.63) is 77.6 Å². The third-order valence-electron chi connectivity index (χ3n) is 5.88. The van der Waals surface area contributed by atoms with Crippen LogP contribution in [-0.4, -0.2) is 50.3 Å². The van der Waals surface area contributed by atoms with Gasteiger partial charge < -0.3 is 10.0 Å². The van der Waals surface area contributed by atoms with Gasteiger partial charge in [-0.3, -0.25) is 0 Å². The molecule has 1 aliphatic heterocycles. The predicted molar refractivity (Wildman–Crippen MR) is 108 cm³/mol. The maximum absolute atomic E-state index is 11.9. The fraction of sp³-hybridized carbons (Fsp3) is 0.409. The molecule has 4 rings (SSSR count). The van der Waals surface area contributed by atoms with E-state index in [0.717, 1.165) is 62.3 Å². The Balaban J connectivity index is 1.43. The van der Waals surface area contributed by atoms with Crippen LogP contribution in [0.15, 0.2) is 60.7 Å². The summed E-state index contributed by atoms with van der Waals surface area (Å²) in [4.78, 5) is 2.48. The standard InChI is InChI=1S/C22H27N5O/c28-22(18-8-3-1-4-9-18,19-10-5-2-6-11-19)20-13-16-27(17-14-20)15-7-12-21-23-25-26-24-21/h1-6,8-11,20,28H,7,12-17H2,(H,23,24,25,26). The van der Waals surface area contributed by atoms with Gasteiger partial charge in [-0.15, -0.1) is 5.10 Å². The van der Waals surface area contributed by atoms with Crippen molar-refractivity contribution in [1.82, 2.24) is 25.5 Å². The Bertz CT molecular complexity index is 790. The van der Waals surface area contributed by atoms with E-state index in [4.69, 9.17) is 0 Å². The maximum Gasteiger partial charge on any atom is 0.148 e. The normalized spacial score (nSPS) is 16.3. The first-order chi connectivity index (χ1) is 13.8. The molecule has 28 heavy (non-hydrogen) atoms. The second kappa shape index (κ2) is 8.63. The highest BCUT2D eigenvalue weighted by Gasteiger charge is 2.41. The van der Waals surface area contributed by atoms with Crippen LogP contribution in [0, 0.1) is 5.92 Å². The number of benzene rings is 2. The summed E-state index contributed by atoms with van der Waals surface area (Å²) in [7, 11) is 0. The zero-order valence-electron chi connectivity index (χ0n) is 16.0.